The van der Waals surface area contributed by atoms with Crippen molar-refractivity contribution in [3.05, 3.63) is 25.3 Å². The zero-order valence-corrected chi connectivity index (χ0v) is 14.1. The van der Waals surface area contributed by atoms with Gasteiger partial charge in [-0.3, -0.25) is 0 Å². The molecule has 0 aliphatic carbocycles. The predicted octanol–water partition coefficient (Wildman–Crippen LogP) is 2.60. The normalized spacial score (nSPS) is 8.60. The van der Waals surface area contributed by atoms with Gasteiger partial charge in [-0.25, -0.2) is 0 Å². The number of halogens is 2. The monoisotopic (exact) mass is 573 g/mol. The third-order valence-electron chi connectivity index (χ3n) is 0.908. The van der Waals surface area contributed by atoms with E-state index in [2.05, 4.69) is 45.2 Å². The first-order valence-corrected chi connectivity index (χ1v) is 4.50. The zero-order valence-electron chi connectivity index (χ0n) is 5.01. The minimum atomic E-state index is 0. The van der Waals surface area contributed by atoms with E-state index in [1.165, 1.54) is 0 Å². The molecular formula is C6H4AcI2O. The Kier molecular flexibility index (Phi) is 6.61. The summed E-state index contributed by atoms with van der Waals surface area (Å²) in [4.78, 5) is 0. The van der Waals surface area contributed by atoms with Crippen LogP contribution < -0.4 is 0 Å². The second-order valence-electron chi connectivity index (χ2n) is 1.60. The minimum absolute atomic E-state index is 0. The molecule has 10 heavy (non-hydrogen) atoms. The standard InChI is InChI=1S/C6H4I2O.Ac/c7-4-1-2-5(8)6(9)3-4;/h1-3,9H;. The Balaban J connectivity index is 0.000000810. The first kappa shape index (κ1) is 11.9. The molecule has 4 heteroatoms. The van der Waals surface area contributed by atoms with Crippen molar-refractivity contribution in [1.82, 2.24) is 0 Å². The summed E-state index contributed by atoms with van der Waals surface area (Å²) in [5.74, 6) is 0.363. The first-order chi connectivity index (χ1) is 4.20. The fourth-order valence-corrected chi connectivity index (χ4v) is 1.30. The van der Waals surface area contributed by atoms with Crippen LogP contribution in [0.15, 0.2) is 18.2 Å². The summed E-state index contributed by atoms with van der Waals surface area (Å²) >= 11 is 4.25. The molecular weight excluding hydrogens is 569 g/mol. The fourth-order valence-electron chi connectivity index (χ4n) is 0.486. The van der Waals surface area contributed by atoms with Gasteiger partial charge in [-0.15, -0.1) is 0 Å². The molecule has 0 bridgehead atoms. The molecule has 1 nitrogen and oxygen atoms in total. The van der Waals surface area contributed by atoms with Crippen molar-refractivity contribution < 1.29 is 49.2 Å². The maximum absolute atomic E-state index is 9.09. The molecule has 1 aromatic carbocycles. The molecule has 0 aromatic heterocycles. The Hall–Kier alpha value is 1.92. The molecule has 0 atom stereocenters. The molecule has 1 radical (unpaired) electrons. The van der Waals surface area contributed by atoms with Gasteiger partial charge in [-0.2, -0.15) is 0 Å². The van der Waals surface area contributed by atoms with E-state index in [1.54, 1.807) is 6.07 Å². The van der Waals surface area contributed by atoms with Gasteiger partial charge in [0.05, 0.1) is 3.57 Å². The summed E-state index contributed by atoms with van der Waals surface area (Å²) in [6.07, 6.45) is 0. The Labute approximate surface area is 123 Å². The van der Waals surface area contributed by atoms with Crippen molar-refractivity contribution in [1.29, 1.82) is 0 Å². The molecule has 0 aliphatic heterocycles. The van der Waals surface area contributed by atoms with Gasteiger partial charge in [-0.1, -0.05) is 0 Å². The number of benzene rings is 1. The second-order valence-corrected chi connectivity index (χ2v) is 4.00. The van der Waals surface area contributed by atoms with E-state index in [0.717, 1.165) is 7.14 Å². The molecule has 0 aliphatic rings. The van der Waals surface area contributed by atoms with Crippen molar-refractivity contribution >= 4 is 45.2 Å². The molecule has 0 fully saturated rings. The quantitative estimate of drug-likeness (QED) is 0.474. The molecule has 0 spiro atoms. The van der Waals surface area contributed by atoms with Gasteiger partial charge in [-0.05, 0) is 63.4 Å². The van der Waals surface area contributed by atoms with Crippen molar-refractivity contribution in [2.45, 2.75) is 0 Å². The Morgan fingerprint density at radius 2 is 1.80 bits per heavy atom. The molecule has 1 aromatic rings. The summed E-state index contributed by atoms with van der Waals surface area (Å²) in [5.41, 5.74) is 0. The van der Waals surface area contributed by atoms with E-state index in [9.17, 15) is 0 Å². The SMILES string of the molecule is Oc1cc(I)ccc1I.[Ac]. The Morgan fingerprint density at radius 3 is 2.20 bits per heavy atom. The number of phenolic OH excluding ortho intramolecular Hbond substituents is 1. The first-order valence-electron chi connectivity index (χ1n) is 2.34. The van der Waals surface area contributed by atoms with Crippen molar-refractivity contribution in [2.24, 2.45) is 0 Å². The van der Waals surface area contributed by atoms with Crippen molar-refractivity contribution in [2.75, 3.05) is 0 Å². The van der Waals surface area contributed by atoms with E-state index in [-0.39, 0.29) is 44.1 Å². The molecule has 0 saturated carbocycles. The molecule has 1 N–H and O–H groups in total. The predicted molar refractivity (Wildman–Crippen MR) is 53.5 cm³/mol. The van der Waals surface area contributed by atoms with E-state index in [1.807, 2.05) is 12.1 Å². The maximum atomic E-state index is 9.09. The average Bonchev–Trinajstić information content (AvgIpc) is 1.80. The van der Waals surface area contributed by atoms with Gasteiger partial charge in [0.25, 0.3) is 0 Å². The number of aromatic hydroxyl groups is 1. The van der Waals surface area contributed by atoms with Gasteiger partial charge >= 0.3 is 0 Å². The summed E-state index contributed by atoms with van der Waals surface area (Å²) in [6, 6.07) is 5.59. The van der Waals surface area contributed by atoms with E-state index < -0.39 is 0 Å². The molecule has 0 saturated heterocycles. The van der Waals surface area contributed by atoms with E-state index in [4.69, 9.17) is 5.11 Å². The Bertz CT molecular complexity index is 227. The molecule has 0 unspecified atom stereocenters. The van der Waals surface area contributed by atoms with Gasteiger partial charge in [0.15, 0.2) is 0 Å². The van der Waals surface area contributed by atoms with Gasteiger partial charge in [0, 0.05) is 47.6 Å². The van der Waals surface area contributed by atoms with Crippen LogP contribution in [-0.4, -0.2) is 5.11 Å². The smallest absolute Gasteiger partial charge is 0.129 e. The fraction of sp³-hybridized carbons (Fsp3) is 0. The summed E-state index contributed by atoms with van der Waals surface area (Å²) < 4.78 is 1.96. The van der Waals surface area contributed by atoms with Crippen LogP contribution in [0.1, 0.15) is 0 Å². The van der Waals surface area contributed by atoms with E-state index >= 15 is 0 Å². The van der Waals surface area contributed by atoms with Crippen LogP contribution in [0.25, 0.3) is 0 Å². The summed E-state index contributed by atoms with van der Waals surface area (Å²) in [7, 11) is 0. The van der Waals surface area contributed by atoms with Gasteiger partial charge < -0.3 is 5.11 Å². The van der Waals surface area contributed by atoms with Crippen LogP contribution in [0.3, 0.4) is 0 Å². The molecule has 0 heterocycles. The van der Waals surface area contributed by atoms with Crippen molar-refractivity contribution in [3.63, 3.8) is 0 Å². The minimum Gasteiger partial charge on any atom is -0.507 e. The Morgan fingerprint density at radius 1 is 1.20 bits per heavy atom. The third kappa shape index (κ3) is 3.55. The van der Waals surface area contributed by atoms with Crippen LogP contribution in [-0.2, 0) is 0 Å². The summed E-state index contributed by atoms with van der Waals surface area (Å²) in [6.45, 7) is 0. The number of hydrogen-bond donors (Lipinski definition) is 1. The number of hydrogen-bond acceptors (Lipinski definition) is 1. The van der Waals surface area contributed by atoms with Gasteiger partial charge in [0.2, 0.25) is 0 Å². The maximum Gasteiger partial charge on any atom is 0.129 e. The molecule has 0 amide bonds. The number of rotatable bonds is 0. The third-order valence-corrected chi connectivity index (χ3v) is 2.49. The van der Waals surface area contributed by atoms with Crippen LogP contribution >= 0.6 is 45.2 Å². The summed E-state index contributed by atoms with van der Waals surface area (Å²) in [5, 5.41) is 9.09. The van der Waals surface area contributed by atoms with Crippen molar-refractivity contribution in [3.8, 4) is 5.75 Å². The largest absolute Gasteiger partial charge is 0.507 e. The van der Waals surface area contributed by atoms with Crippen LogP contribution in [0.5, 0.6) is 5.75 Å². The molecule has 51 valence electrons. The second kappa shape index (κ2) is 5.55. The van der Waals surface area contributed by atoms with Crippen LogP contribution in [0.2, 0.25) is 0 Å². The van der Waals surface area contributed by atoms with Gasteiger partial charge in [0.1, 0.15) is 5.75 Å². The van der Waals surface area contributed by atoms with E-state index in [0.29, 0.717) is 5.75 Å². The van der Waals surface area contributed by atoms with Crippen LogP contribution in [0, 0.1) is 51.2 Å². The number of phenols is 1. The van der Waals surface area contributed by atoms with Crippen LogP contribution in [0.4, 0.5) is 0 Å². The average molecular weight is 573 g/mol. The molecule has 1 rings (SSSR count). The topological polar surface area (TPSA) is 20.2 Å². The zero-order chi connectivity index (χ0) is 6.85.